The molecule has 0 atom stereocenters. The number of aromatic nitrogens is 4. The van der Waals surface area contributed by atoms with Crippen molar-refractivity contribution in [1.82, 2.24) is 19.9 Å². The fourth-order valence-corrected chi connectivity index (χ4v) is 1.84. The fourth-order valence-electron chi connectivity index (χ4n) is 1.84. The standard InChI is InChI=1S/C12H20N8.ClH/c1-5-15-11-17-7-8(9(13-3)19-11)18-12(16-6-2)20-10(7)14-4;/h5-6H2,1-4H3,(H2,13,15,17,19)(H2,14,16,18,20);1H. The molecule has 0 radical (unpaired) electrons. The van der Waals surface area contributed by atoms with Crippen molar-refractivity contribution in [2.24, 2.45) is 0 Å². The first-order valence-corrected chi connectivity index (χ1v) is 6.66. The molecule has 9 heteroatoms. The molecule has 0 spiro atoms. The van der Waals surface area contributed by atoms with E-state index in [0.29, 0.717) is 34.6 Å². The van der Waals surface area contributed by atoms with Crippen molar-refractivity contribution < 1.29 is 0 Å². The van der Waals surface area contributed by atoms with Crippen LogP contribution >= 0.6 is 12.4 Å². The van der Waals surface area contributed by atoms with E-state index in [2.05, 4.69) is 41.2 Å². The molecular weight excluding hydrogens is 292 g/mol. The summed E-state index contributed by atoms with van der Waals surface area (Å²) in [5.41, 5.74) is 1.37. The SMILES string of the molecule is CCNc1nc(NC)c2nc(NCC)nc(NC)c2n1.Cl. The van der Waals surface area contributed by atoms with E-state index in [0.717, 1.165) is 13.1 Å². The van der Waals surface area contributed by atoms with Gasteiger partial charge in [0.15, 0.2) is 11.6 Å². The van der Waals surface area contributed by atoms with Gasteiger partial charge in [0.05, 0.1) is 0 Å². The molecule has 0 aliphatic heterocycles. The van der Waals surface area contributed by atoms with Gasteiger partial charge in [0.1, 0.15) is 11.0 Å². The molecule has 2 rings (SSSR count). The number of halogens is 1. The first-order valence-electron chi connectivity index (χ1n) is 6.66. The molecule has 0 aliphatic rings. The average Bonchev–Trinajstić information content (AvgIpc) is 2.46. The Bertz CT molecular complexity index is 550. The van der Waals surface area contributed by atoms with Gasteiger partial charge >= 0.3 is 0 Å². The second-order valence-corrected chi connectivity index (χ2v) is 4.05. The minimum Gasteiger partial charge on any atom is -0.371 e. The van der Waals surface area contributed by atoms with Gasteiger partial charge in [-0.25, -0.2) is 9.97 Å². The highest BCUT2D eigenvalue weighted by Gasteiger charge is 2.14. The lowest BCUT2D eigenvalue weighted by Gasteiger charge is -2.12. The fraction of sp³-hybridized carbons (Fsp3) is 0.500. The Morgan fingerprint density at radius 2 is 1.10 bits per heavy atom. The Morgan fingerprint density at radius 3 is 1.38 bits per heavy atom. The minimum absolute atomic E-state index is 0. The summed E-state index contributed by atoms with van der Waals surface area (Å²) in [7, 11) is 3.62. The van der Waals surface area contributed by atoms with Crippen LogP contribution in [0.4, 0.5) is 23.5 Å². The smallest absolute Gasteiger partial charge is 0.225 e. The van der Waals surface area contributed by atoms with Gasteiger partial charge in [-0.05, 0) is 13.8 Å². The van der Waals surface area contributed by atoms with Crippen molar-refractivity contribution in [3.05, 3.63) is 0 Å². The molecule has 2 aromatic rings. The molecule has 116 valence electrons. The zero-order valence-electron chi connectivity index (χ0n) is 12.6. The van der Waals surface area contributed by atoms with E-state index in [-0.39, 0.29) is 12.4 Å². The maximum atomic E-state index is 4.47. The van der Waals surface area contributed by atoms with Crippen LogP contribution < -0.4 is 21.3 Å². The highest BCUT2D eigenvalue weighted by molar-refractivity contribution is 5.94. The van der Waals surface area contributed by atoms with Gasteiger partial charge < -0.3 is 21.3 Å². The molecule has 0 saturated carbocycles. The van der Waals surface area contributed by atoms with Gasteiger partial charge in [0.2, 0.25) is 11.9 Å². The maximum Gasteiger partial charge on any atom is 0.225 e. The second kappa shape index (κ2) is 7.63. The third-order valence-corrected chi connectivity index (χ3v) is 2.69. The summed E-state index contributed by atoms with van der Waals surface area (Å²) in [5.74, 6) is 2.45. The Morgan fingerprint density at radius 1 is 0.714 bits per heavy atom. The van der Waals surface area contributed by atoms with Gasteiger partial charge in [-0.3, -0.25) is 0 Å². The number of hydrogen-bond acceptors (Lipinski definition) is 8. The zero-order valence-corrected chi connectivity index (χ0v) is 13.4. The molecule has 0 aromatic carbocycles. The maximum absolute atomic E-state index is 4.47. The predicted octanol–water partition coefficient (Wildman–Crippen LogP) is 1.79. The van der Waals surface area contributed by atoms with Crippen LogP contribution in [0.2, 0.25) is 0 Å². The molecule has 4 N–H and O–H groups in total. The van der Waals surface area contributed by atoms with Gasteiger partial charge in [0, 0.05) is 27.2 Å². The van der Waals surface area contributed by atoms with Gasteiger partial charge in [-0.15, -0.1) is 12.4 Å². The normalized spacial score (nSPS) is 9.90. The molecule has 0 bridgehead atoms. The Kier molecular flexibility index (Phi) is 6.16. The first-order chi connectivity index (χ1) is 9.73. The van der Waals surface area contributed by atoms with Crippen molar-refractivity contribution in [2.45, 2.75) is 13.8 Å². The topological polar surface area (TPSA) is 99.7 Å². The van der Waals surface area contributed by atoms with Crippen LogP contribution in [0.25, 0.3) is 11.0 Å². The zero-order chi connectivity index (χ0) is 14.5. The number of fused-ring (bicyclic) bond motifs is 1. The Hall–Kier alpha value is -2.09. The van der Waals surface area contributed by atoms with Crippen LogP contribution in [0.3, 0.4) is 0 Å². The van der Waals surface area contributed by atoms with Crippen molar-refractivity contribution in [2.75, 3.05) is 48.5 Å². The highest BCUT2D eigenvalue weighted by Crippen LogP contribution is 2.26. The van der Waals surface area contributed by atoms with E-state index in [4.69, 9.17) is 0 Å². The van der Waals surface area contributed by atoms with E-state index in [1.54, 1.807) is 0 Å². The highest BCUT2D eigenvalue weighted by atomic mass is 35.5. The number of hydrogen-bond donors (Lipinski definition) is 4. The quantitative estimate of drug-likeness (QED) is 0.640. The molecule has 0 aliphatic carbocycles. The van der Waals surface area contributed by atoms with Crippen molar-refractivity contribution in [3.63, 3.8) is 0 Å². The van der Waals surface area contributed by atoms with Crippen molar-refractivity contribution in [1.29, 1.82) is 0 Å². The molecule has 21 heavy (non-hydrogen) atoms. The Labute approximate surface area is 130 Å². The lowest BCUT2D eigenvalue weighted by molar-refractivity contribution is 1.07. The third-order valence-electron chi connectivity index (χ3n) is 2.69. The summed E-state index contributed by atoms with van der Waals surface area (Å²) >= 11 is 0. The minimum atomic E-state index is 0. The van der Waals surface area contributed by atoms with Gasteiger partial charge in [0.25, 0.3) is 0 Å². The number of nitrogens with one attached hydrogen (secondary N) is 4. The summed E-state index contributed by atoms with van der Waals surface area (Å²) in [6, 6.07) is 0. The number of anilines is 4. The molecule has 0 amide bonds. The summed E-state index contributed by atoms with van der Waals surface area (Å²) < 4.78 is 0. The number of rotatable bonds is 6. The summed E-state index contributed by atoms with van der Waals surface area (Å²) in [5, 5.41) is 12.3. The summed E-state index contributed by atoms with van der Waals surface area (Å²) in [4.78, 5) is 17.7. The second-order valence-electron chi connectivity index (χ2n) is 4.05. The van der Waals surface area contributed by atoms with E-state index in [9.17, 15) is 0 Å². The lowest BCUT2D eigenvalue weighted by atomic mass is 10.3. The van der Waals surface area contributed by atoms with Crippen LogP contribution in [-0.4, -0.2) is 47.1 Å². The first kappa shape index (κ1) is 17.0. The van der Waals surface area contributed by atoms with E-state index >= 15 is 0 Å². The third kappa shape index (κ3) is 3.52. The summed E-state index contributed by atoms with van der Waals surface area (Å²) in [6.45, 7) is 5.49. The Balaban J connectivity index is 0.00000220. The van der Waals surface area contributed by atoms with Crippen LogP contribution in [-0.2, 0) is 0 Å². The molecular formula is C12H21ClN8. The van der Waals surface area contributed by atoms with Crippen LogP contribution in [0.1, 0.15) is 13.8 Å². The average molecular weight is 313 g/mol. The van der Waals surface area contributed by atoms with Crippen molar-refractivity contribution in [3.8, 4) is 0 Å². The van der Waals surface area contributed by atoms with E-state index in [1.165, 1.54) is 0 Å². The predicted molar refractivity (Wildman–Crippen MR) is 89.8 cm³/mol. The van der Waals surface area contributed by atoms with Gasteiger partial charge in [-0.1, -0.05) is 0 Å². The van der Waals surface area contributed by atoms with E-state index < -0.39 is 0 Å². The van der Waals surface area contributed by atoms with Crippen LogP contribution in [0.15, 0.2) is 0 Å². The number of nitrogens with zero attached hydrogens (tertiary/aromatic N) is 4. The molecule has 0 saturated heterocycles. The summed E-state index contributed by atoms with van der Waals surface area (Å²) in [6.07, 6.45) is 0. The van der Waals surface area contributed by atoms with Gasteiger partial charge in [-0.2, -0.15) is 9.97 Å². The molecule has 8 nitrogen and oxygen atoms in total. The van der Waals surface area contributed by atoms with Crippen LogP contribution in [0.5, 0.6) is 0 Å². The monoisotopic (exact) mass is 312 g/mol. The van der Waals surface area contributed by atoms with Crippen molar-refractivity contribution >= 4 is 47.0 Å². The largest absolute Gasteiger partial charge is 0.371 e. The van der Waals surface area contributed by atoms with Crippen LogP contribution in [0, 0.1) is 0 Å². The molecule has 2 aromatic heterocycles. The molecule has 2 heterocycles. The molecule has 0 unspecified atom stereocenters. The molecule has 0 fully saturated rings. The lowest BCUT2D eigenvalue weighted by Crippen LogP contribution is -2.10. The van der Waals surface area contributed by atoms with E-state index in [1.807, 2.05) is 27.9 Å².